The van der Waals surface area contributed by atoms with Crippen LogP contribution in [0.5, 0.6) is 0 Å². The van der Waals surface area contributed by atoms with Crippen molar-refractivity contribution in [2.24, 2.45) is 0 Å². The molecule has 0 spiro atoms. The van der Waals surface area contributed by atoms with Crippen LogP contribution in [0.3, 0.4) is 0 Å². The molecule has 24 heavy (non-hydrogen) atoms. The summed E-state index contributed by atoms with van der Waals surface area (Å²) in [5.41, 5.74) is 0. The van der Waals surface area contributed by atoms with Crippen molar-refractivity contribution in [2.45, 2.75) is 79.5 Å². The van der Waals surface area contributed by atoms with Crippen LogP contribution in [0.4, 0.5) is 9.93 Å². The SMILES string of the molecule is CCC[CH2][Sn]([CH2]CCC)([CH2]CCC)[c]1cnc(N(CC)C(=O)O)s1. The Kier molecular flexibility index (Phi) is 10.3. The van der Waals surface area contributed by atoms with Gasteiger partial charge >= 0.3 is 156 Å². The molecule has 0 aliphatic heterocycles. The second kappa shape index (κ2) is 11.3. The summed E-state index contributed by atoms with van der Waals surface area (Å²) in [6, 6.07) is 0. The molecule has 4 nitrogen and oxygen atoms in total. The first kappa shape index (κ1) is 21.7. The Morgan fingerprint density at radius 2 is 1.58 bits per heavy atom. The second-order valence-corrected chi connectivity index (χ2v) is 21.8. The number of rotatable bonds is 12. The summed E-state index contributed by atoms with van der Waals surface area (Å²) in [5, 5.41) is 10.0. The van der Waals surface area contributed by atoms with Gasteiger partial charge in [-0.25, -0.2) is 0 Å². The third-order valence-electron chi connectivity index (χ3n) is 4.82. The molecule has 1 aromatic heterocycles. The van der Waals surface area contributed by atoms with Gasteiger partial charge in [0.1, 0.15) is 0 Å². The molecule has 0 radical (unpaired) electrons. The fourth-order valence-corrected chi connectivity index (χ4v) is 22.9. The van der Waals surface area contributed by atoms with Crippen LogP contribution in [0.15, 0.2) is 6.20 Å². The Bertz CT molecular complexity index is 471. The third kappa shape index (κ3) is 5.90. The monoisotopic (exact) mass is 462 g/mol. The van der Waals surface area contributed by atoms with Crippen LogP contribution in [0.2, 0.25) is 13.3 Å². The molecule has 1 heterocycles. The predicted molar refractivity (Wildman–Crippen MR) is 108 cm³/mol. The maximum absolute atomic E-state index is 11.4. The average molecular weight is 461 g/mol. The zero-order chi connectivity index (χ0) is 18.0. The maximum atomic E-state index is 11.4. The summed E-state index contributed by atoms with van der Waals surface area (Å²) in [4.78, 5) is 17.3. The van der Waals surface area contributed by atoms with E-state index >= 15 is 0 Å². The van der Waals surface area contributed by atoms with Crippen molar-refractivity contribution >= 4 is 43.8 Å². The number of hydrogen-bond acceptors (Lipinski definition) is 3. The Morgan fingerprint density at radius 1 is 1.08 bits per heavy atom. The van der Waals surface area contributed by atoms with Crippen molar-refractivity contribution in [1.29, 1.82) is 0 Å². The normalized spacial score (nSPS) is 11.7. The first-order chi connectivity index (χ1) is 11.5. The van der Waals surface area contributed by atoms with E-state index in [9.17, 15) is 9.90 Å². The van der Waals surface area contributed by atoms with Crippen LogP contribution in [-0.4, -0.2) is 41.1 Å². The Labute approximate surface area is 155 Å². The van der Waals surface area contributed by atoms with Crippen molar-refractivity contribution in [1.82, 2.24) is 4.98 Å². The number of aromatic nitrogens is 1. The van der Waals surface area contributed by atoms with Gasteiger partial charge in [0.25, 0.3) is 0 Å². The van der Waals surface area contributed by atoms with Gasteiger partial charge in [-0.15, -0.1) is 0 Å². The van der Waals surface area contributed by atoms with Crippen LogP contribution < -0.4 is 7.79 Å². The molecule has 0 saturated carbocycles. The topological polar surface area (TPSA) is 53.4 Å². The van der Waals surface area contributed by atoms with Gasteiger partial charge in [-0.1, -0.05) is 0 Å². The van der Waals surface area contributed by atoms with Crippen molar-refractivity contribution in [3.63, 3.8) is 0 Å². The number of carboxylic acid groups (broad SMARTS) is 1. The number of carbonyl (C=O) groups is 1. The number of unbranched alkanes of at least 4 members (excludes halogenated alkanes) is 3. The average Bonchev–Trinajstić information content (AvgIpc) is 3.05. The molecule has 0 unspecified atom stereocenters. The van der Waals surface area contributed by atoms with Crippen molar-refractivity contribution in [2.75, 3.05) is 11.4 Å². The zero-order valence-electron chi connectivity index (χ0n) is 15.8. The van der Waals surface area contributed by atoms with E-state index < -0.39 is 24.5 Å². The molecule has 1 amide bonds. The van der Waals surface area contributed by atoms with Gasteiger partial charge in [-0.05, 0) is 0 Å². The van der Waals surface area contributed by atoms with E-state index in [1.165, 1.54) is 59.6 Å². The van der Waals surface area contributed by atoms with Gasteiger partial charge in [-0.3, -0.25) is 0 Å². The summed E-state index contributed by atoms with van der Waals surface area (Å²) in [5.74, 6) is 0. The van der Waals surface area contributed by atoms with Crippen molar-refractivity contribution < 1.29 is 9.90 Å². The molecule has 1 aromatic rings. The number of hydrogen-bond donors (Lipinski definition) is 1. The standard InChI is InChI=1S/C6H7N2O2S.3C4H9.Sn/c1-2-8(6(9)10)5-7-3-4-11-5;3*1-3-4-2;/h3H,2H2,1H3,(H,9,10);3*1,3-4H2,2H3;. The summed E-state index contributed by atoms with van der Waals surface area (Å²) >= 11 is -0.786. The molecule has 1 rings (SSSR count). The van der Waals surface area contributed by atoms with Crippen LogP contribution in [0.25, 0.3) is 0 Å². The molecule has 0 aliphatic carbocycles. The van der Waals surface area contributed by atoms with Gasteiger partial charge in [0.2, 0.25) is 0 Å². The molecule has 0 fully saturated rings. The molecular formula is C18H34N2O2SSn. The van der Waals surface area contributed by atoms with Crippen molar-refractivity contribution in [3.05, 3.63) is 6.20 Å². The summed E-state index contributed by atoms with van der Waals surface area (Å²) in [7, 11) is 0. The van der Waals surface area contributed by atoms with E-state index in [4.69, 9.17) is 0 Å². The summed E-state index contributed by atoms with van der Waals surface area (Å²) in [6.45, 7) is 9.16. The molecule has 6 heteroatoms. The Morgan fingerprint density at radius 3 is 1.96 bits per heavy atom. The fraction of sp³-hybridized carbons (Fsp3) is 0.778. The molecule has 0 saturated heterocycles. The van der Waals surface area contributed by atoms with Crippen LogP contribution in [-0.2, 0) is 0 Å². The van der Waals surface area contributed by atoms with Crippen LogP contribution in [0.1, 0.15) is 66.2 Å². The first-order valence-corrected chi connectivity index (χ1v) is 17.8. The van der Waals surface area contributed by atoms with Gasteiger partial charge in [0.15, 0.2) is 0 Å². The minimum absolute atomic E-state index is 0.462. The van der Waals surface area contributed by atoms with E-state index in [0.717, 1.165) is 0 Å². The number of nitrogens with zero attached hydrogens (tertiary/aromatic N) is 2. The molecular weight excluding hydrogens is 427 g/mol. The minimum atomic E-state index is -2.47. The number of anilines is 1. The Hall–Kier alpha value is -0.301. The third-order valence-corrected chi connectivity index (χ3v) is 24.0. The molecule has 0 aromatic carbocycles. The summed E-state index contributed by atoms with van der Waals surface area (Å²) in [6.07, 6.45) is 8.84. The van der Waals surface area contributed by atoms with Crippen LogP contribution >= 0.6 is 11.3 Å². The number of amides is 1. The van der Waals surface area contributed by atoms with Gasteiger partial charge in [-0.2, -0.15) is 0 Å². The van der Waals surface area contributed by atoms with Crippen LogP contribution in [0, 0.1) is 0 Å². The number of thiazole rings is 1. The molecule has 138 valence electrons. The van der Waals surface area contributed by atoms with E-state index in [-0.39, 0.29) is 0 Å². The molecule has 0 aliphatic rings. The van der Waals surface area contributed by atoms with E-state index in [2.05, 4.69) is 25.8 Å². The first-order valence-electron chi connectivity index (χ1n) is 9.51. The van der Waals surface area contributed by atoms with Gasteiger partial charge in [0.05, 0.1) is 0 Å². The molecule has 0 atom stereocenters. The zero-order valence-corrected chi connectivity index (χ0v) is 19.5. The molecule has 1 N–H and O–H groups in total. The van der Waals surface area contributed by atoms with Crippen molar-refractivity contribution in [3.8, 4) is 0 Å². The second-order valence-electron chi connectivity index (χ2n) is 6.62. The Balaban J connectivity index is 3.15. The quantitative estimate of drug-likeness (QED) is 0.406. The predicted octanol–water partition coefficient (Wildman–Crippen LogP) is 5.70. The van der Waals surface area contributed by atoms with E-state index in [1.54, 1.807) is 11.3 Å². The van der Waals surface area contributed by atoms with E-state index in [0.29, 0.717) is 11.7 Å². The summed E-state index contributed by atoms with van der Waals surface area (Å²) < 4.78 is 5.68. The fourth-order valence-electron chi connectivity index (χ4n) is 3.28. The molecule has 0 bridgehead atoms. The van der Waals surface area contributed by atoms with Gasteiger partial charge < -0.3 is 0 Å². The van der Waals surface area contributed by atoms with Gasteiger partial charge in [0, 0.05) is 0 Å². The van der Waals surface area contributed by atoms with E-state index in [1.807, 2.05) is 13.1 Å².